The van der Waals surface area contributed by atoms with Crippen molar-refractivity contribution < 1.29 is 27.5 Å². The summed E-state index contributed by atoms with van der Waals surface area (Å²) in [7, 11) is 0. The molecule has 1 N–H and O–H groups in total. The molecule has 0 atom stereocenters. The Morgan fingerprint density at radius 2 is 1.16 bits per heavy atom. The minimum Gasteiger partial charge on any atom is -0.507 e. The molecule has 7 aromatic carbocycles. The van der Waals surface area contributed by atoms with Crippen molar-refractivity contribution in [2.45, 2.75) is 112 Å². The van der Waals surface area contributed by atoms with Crippen LogP contribution in [0.4, 0.5) is 0 Å². The molecule has 0 aliphatic rings. The first-order valence-corrected chi connectivity index (χ1v) is 24.5. The molecule has 0 bridgehead atoms. The molecule has 0 amide bonds. The van der Waals surface area contributed by atoms with Crippen LogP contribution in [0.25, 0.3) is 83.9 Å². The predicted octanol–water partition coefficient (Wildman–Crippen LogP) is 17.9. The first-order valence-electron chi connectivity index (χ1n) is 25.0. The molecule has 0 aliphatic carbocycles. The second-order valence-corrected chi connectivity index (χ2v) is 21.6. The molecular weight excluding hydrogens is 1030 g/mol. The van der Waals surface area contributed by atoms with Crippen LogP contribution in [0.3, 0.4) is 0 Å². The number of aromatic nitrogens is 3. The molecule has 2 heterocycles. The second-order valence-electron chi connectivity index (χ2n) is 21.6. The van der Waals surface area contributed by atoms with E-state index in [1.807, 2.05) is 26.1 Å². The van der Waals surface area contributed by atoms with Crippen molar-refractivity contribution in [2.75, 3.05) is 0 Å². The molecule has 9 rings (SSSR count). The zero-order valence-electron chi connectivity index (χ0n) is 43.8. The minimum absolute atomic E-state index is 0. The maximum Gasteiger partial charge on any atom is 0.148 e. The topological polar surface area (TPSA) is 50.9 Å². The largest absolute Gasteiger partial charge is 0.507 e. The van der Waals surface area contributed by atoms with Crippen molar-refractivity contribution in [2.24, 2.45) is 0 Å². The van der Waals surface area contributed by atoms with Gasteiger partial charge >= 0.3 is 0 Å². The van der Waals surface area contributed by atoms with E-state index in [0.29, 0.717) is 11.4 Å². The number of para-hydroxylation sites is 1. The number of phenolic OH excluding ortho intramolecular Hbond substituents is 1. The van der Waals surface area contributed by atoms with Gasteiger partial charge < -0.3 is 5.11 Å². The summed E-state index contributed by atoms with van der Waals surface area (Å²) in [4.78, 5) is 10.6. The van der Waals surface area contributed by atoms with E-state index < -0.39 is 5.89 Å². The standard InChI is InChI=1S/C65H66N3O.Pt/c1-40(2)47-27-30-59(56(36-47)46-25-28-52(29-26-46)64(7,8)9)68-60-20-16-19-54(61(60)67-63(68)57-38-49(41(3)4)37-55(42(5)6)62(57)69)50-33-51(35-53(34-50)65(10,11)12)58-39-48(31-32-66-58)45-23-21-44(22-24-45)43-17-14-13-15-18-43;/h13-32,34-42,69H,1-12H3;/q-1;/i40D;. The molecule has 0 saturated carbocycles. The molecule has 70 heavy (non-hydrogen) atoms. The fourth-order valence-electron chi connectivity index (χ4n) is 9.32. The Balaban J connectivity index is 0.00000676. The molecule has 9 aromatic rings. The van der Waals surface area contributed by atoms with Crippen molar-refractivity contribution in [1.29, 1.82) is 0 Å². The van der Waals surface area contributed by atoms with Gasteiger partial charge in [-0.25, -0.2) is 4.98 Å². The molecule has 358 valence electrons. The van der Waals surface area contributed by atoms with Crippen LogP contribution < -0.4 is 0 Å². The van der Waals surface area contributed by atoms with E-state index in [1.165, 1.54) is 16.7 Å². The van der Waals surface area contributed by atoms with Crippen molar-refractivity contribution in [1.82, 2.24) is 14.5 Å². The molecule has 5 heteroatoms. The van der Waals surface area contributed by atoms with Crippen molar-refractivity contribution in [3.05, 3.63) is 192 Å². The summed E-state index contributed by atoms with van der Waals surface area (Å²) in [6, 6.07) is 57.7. The van der Waals surface area contributed by atoms with E-state index in [4.69, 9.17) is 11.3 Å². The van der Waals surface area contributed by atoms with Crippen LogP contribution in [-0.2, 0) is 31.9 Å². The zero-order chi connectivity index (χ0) is 49.9. The van der Waals surface area contributed by atoms with Crippen LogP contribution in [0.2, 0.25) is 0 Å². The Morgan fingerprint density at radius 1 is 0.543 bits per heavy atom. The van der Waals surface area contributed by atoms with Crippen LogP contribution in [0, 0.1) is 6.07 Å². The zero-order valence-corrected chi connectivity index (χ0v) is 45.0. The Bertz CT molecular complexity index is 3360. The number of imidazole rings is 1. The normalized spacial score (nSPS) is 12.4. The van der Waals surface area contributed by atoms with Gasteiger partial charge in [0.1, 0.15) is 11.6 Å². The third kappa shape index (κ3) is 9.99. The number of benzene rings is 7. The third-order valence-corrected chi connectivity index (χ3v) is 13.6. The maximum absolute atomic E-state index is 12.4. The van der Waals surface area contributed by atoms with Gasteiger partial charge in [0.05, 0.1) is 22.3 Å². The van der Waals surface area contributed by atoms with Crippen LogP contribution >= 0.6 is 0 Å². The van der Waals surface area contributed by atoms with Crippen molar-refractivity contribution >= 4 is 11.0 Å². The first-order chi connectivity index (χ1) is 33.2. The van der Waals surface area contributed by atoms with Gasteiger partial charge in [-0.05, 0) is 109 Å². The van der Waals surface area contributed by atoms with E-state index in [9.17, 15) is 5.11 Å². The van der Waals surface area contributed by atoms with Gasteiger partial charge in [-0.2, -0.15) is 0 Å². The van der Waals surface area contributed by atoms with Crippen LogP contribution in [-0.4, -0.2) is 19.6 Å². The summed E-state index contributed by atoms with van der Waals surface area (Å²) in [5.74, 6) is 0.343. The molecule has 0 saturated heterocycles. The summed E-state index contributed by atoms with van der Waals surface area (Å²) in [5, 5.41) is 12.4. The number of hydrogen-bond acceptors (Lipinski definition) is 3. The number of aromatic hydroxyl groups is 1. The fourth-order valence-corrected chi connectivity index (χ4v) is 9.32. The van der Waals surface area contributed by atoms with Crippen molar-refractivity contribution in [3.63, 3.8) is 0 Å². The van der Waals surface area contributed by atoms with E-state index >= 15 is 0 Å². The van der Waals surface area contributed by atoms with E-state index in [-0.39, 0.29) is 49.5 Å². The summed E-state index contributed by atoms with van der Waals surface area (Å²) in [6.45, 7) is 26.0. The number of nitrogens with zero attached hydrogens (tertiary/aromatic N) is 3. The average molecular weight is 1100 g/mol. The Kier molecular flexibility index (Phi) is 13.8. The molecule has 0 aliphatic heterocycles. The molecule has 0 radical (unpaired) electrons. The van der Waals surface area contributed by atoms with Crippen LogP contribution in [0.15, 0.2) is 158 Å². The quantitative estimate of drug-likeness (QED) is 0.139. The van der Waals surface area contributed by atoms with Crippen LogP contribution in [0.5, 0.6) is 5.75 Å². The molecule has 0 spiro atoms. The number of phenols is 1. The Hall–Kier alpha value is -6.35. The number of hydrogen-bond donors (Lipinski definition) is 1. The average Bonchev–Trinajstić information content (AvgIpc) is 3.72. The van der Waals surface area contributed by atoms with E-state index in [1.54, 1.807) is 0 Å². The molecule has 2 aromatic heterocycles. The van der Waals surface area contributed by atoms with Gasteiger partial charge in [0.25, 0.3) is 0 Å². The minimum atomic E-state index is -0.839. The van der Waals surface area contributed by atoms with Gasteiger partial charge in [0, 0.05) is 39.9 Å². The molecular formula is C65H66N3OPt-. The third-order valence-electron chi connectivity index (χ3n) is 13.6. The summed E-state index contributed by atoms with van der Waals surface area (Å²) in [5.41, 5.74) is 18.6. The fraction of sp³-hybridized carbons (Fsp3) is 0.262. The first kappa shape index (κ1) is 48.7. The number of fused-ring (bicyclic) bond motifs is 1. The van der Waals surface area contributed by atoms with Gasteiger partial charge in [-0.1, -0.05) is 203 Å². The van der Waals surface area contributed by atoms with E-state index in [2.05, 4.69) is 225 Å². The number of rotatable bonds is 10. The molecule has 4 nitrogen and oxygen atoms in total. The second kappa shape index (κ2) is 19.8. The van der Waals surface area contributed by atoms with Crippen molar-refractivity contribution in [3.8, 4) is 78.6 Å². The smallest absolute Gasteiger partial charge is 0.148 e. The monoisotopic (exact) mass is 1100 g/mol. The Labute approximate surface area is 432 Å². The van der Waals surface area contributed by atoms with Gasteiger partial charge in [-0.3, -0.25) is 9.55 Å². The van der Waals surface area contributed by atoms with E-state index in [0.717, 1.165) is 83.6 Å². The van der Waals surface area contributed by atoms with Gasteiger partial charge in [0.15, 0.2) is 0 Å². The van der Waals surface area contributed by atoms with Crippen LogP contribution in [0.1, 0.15) is 130 Å². The molecule has 0 unspecified atom stereocenters. The summed E-state index contributed by atoms with van der Waals surface area (Å²) in [6.07, 6.45) is 1.90. The van der Waals surface area contributed by atoms with Gasteiger partial charge in [0.2, 0.25) is 0 Å². The van der Waals surface area contributed by atoms with Gasteiger partial charge in [-0.15, -0.1) is 29.3 Å². The predicted molar refractivity (Wildman–Crippen MR) is 292 cm³/mol. The number of pyridine rings is 1. The summed E-state index contributed by atoms with van der Waals surface area (Å²) < 4.78 is 11.4. The Morgan fingerprint density at radius 3 is 1.79 bits per heavy atom. The molecule has 0 fully saturated rings. The maximum atomic E-state index is 12.4. The SMILES string of the molecule is [2H]C(C)(C)c1ccc(-n2c(-c3cc(C(C)C)cc(C(C)C)c3O)nc3c(-c4[c-]c(-c5cc(-c6ccc(-c7ccccc7)cc6)ccn5)cc(C(C)(C)C)c4)cccc32)c(-c2ccc(C(C)(C)C)cc2)c1.[Pt]. The summed E-state index contributed by atoms with van der Waals surface area (Å²) >= 11 is 0.